The fourth-order valence-electron chi connectivity index (χ4n) is 2.19. The Morgan fingerprint density at radius 1 is 1.31 bits per heavy atom. The van der Waals surface area contributed by atoms with Crippen LogP contribution in [0.15, 0.2) is 22.7 Å². The third-order valence-electron chi connectivity index (χ3n) is 3.19. The average Bonchev–Trinajstić information content (AvgIpc) is 2.52. The molecule has 2 N–H and O–H groups in total. The van der Waals surface area contributed by atoms with Crippen molar-refractivity contribution in [1.82, 2.24) is 4.57 Å². The smallest absolute Gasteiger partial charge is 0.0629 e. The van der Waals surface area contributed by atoms with Crippen molar-refractivity contribution in [2.24, 2.45) is 5.73 Å². The van der Waals surface area contributed by atoms with Crippen molar-refractivity contribution < 1.29 is 0 Å². The van der Waals surface area contributed by atoms with Gasteiger partial charge in [0.05, 0.1) is 5.52 Å². The predicted octanol–water partition coefficient (Wildman–Crippen LogP) is 3.37. The first-order valence-electron chi connectivity index (χ1n) is 5.60. The number of fused-ring (bicyclic) bond motifs is 1. The molecule has 1 aromatic heterocycles. The third kappa shape index (κ3) is 1.78. The molecule has 0 spiro atoms. The fourth-order valence-corrected chi connectivity index (χ4v) is 2.77. The van der Waals surface area contributed by atoms with Crippen molar-refractivity contribution in [2.45, 2.75) is 26.8 Å². The number of hydrogen-bond acceptors (Lipinski definition) is 1. The highest BCUT2D eigenvalue weighted by molar-refractivity contribution is 9.10. The molecule has 0 aliphatic carbocycles. The summed E-state index contributed by atoms with van der Waals surface area (Å²) in [7, 11) is 0. The summed E-state index contributed by atoms with van der Waals surface area (Å²) in [5.41, 5.74) is 9.60. The summed E-state index contributed by atoms with van der Waals surface area (Å²) in [6.07, 6.45) is 1.02. The van der Waals surface area contributed by atoms with Crippen LogP contribution in [0, 0.1) is 13.8 Å². The first-order chi connectivity index (χ1) is 7.66. The quantitative estimate of drug-likeness (QED) is 0.918. The first kappa shape index (κ1) is 11.7. The lowest BCUT2D eigenvalue weighted by atomic mass is 10.2. The lowest BCUT2D eigenvalue weighted by Crippen LogP contribution is -2.07. The minimum Gasteiger partial charge on any atom is -0.344 e. The number of nitrogens with two attached hydrogens (primary N) is 1. The third-order valence-corrected chi connectivity index (χ3v) is 3.83. The zero-order valence-corrected chi connectivity index (χ0v) is 11.3. The number of halogens is 1. The van der Waals surface area contributed by atoms with Crippen LogP contribution in [-0.2, 0) is 6.54 Å². The standard InChI is InChI=1S/C13H17BrN2/c1-9-10(2)16(8-4-7-15)13-11(9)5-3-6-12(13)14/h3,5-6H,4,7-8,15H2,1-2H3. The topological polar surface area (TPSA) is 30.9 Å². The van der Waals surface area contributed by atoms with E-state index in [1.54, 1.807) is 0 Å². The molecule has 2 aromatic rings. The van der Waals surface area contributed by atoms with Gasteiger partial charge in [0.2, 0.25) is 0 Å². The normalized spacial score (nSPS) is 11.2. The van der Waals surface area contributed by atoms with Gasteiger partial charge in [0.15, 0.2) is 0 Å². The zero-order chi connectivity index (χ0) is 11.7. The molecule has 0 fully saturated rings. The van der Waals surface area contributed by atoms with E-state index in [4.69, 9.17) is 5.73 Å². The Morgan fingerprint density at radius 3 is 2.75 bits per heavy atom. The van der Waals surface area contributed by atoms with Gasteiger partial charge in [-0.2, -0.15) is 0 Å². The van der Waals surface area contributed by atoms with Gasteiger partial charge in [-0.3, -0.25) is 0 Å². The largest absolute Gasteiger partial charge is 0.344 e. The summed E-state index contributed by atoms with van der Waals surface area (Å²) >= 11 is 3.64. The van der Waals surface area contributed by atoms with Crippen LogP contribution < -0.4 is 5.73 Å². The van der Waals surface area contributed by atoms with Crippen molar-refractivity contribution in [3.63, 3.8) is 0 Å². The number of nitrogens with zero attached hydrogens (tertiary/aromatic N) is 1. The number of benzene rings is 1. The van der Waals surface area contributed by atoms with Crippen LogP contribution in [0.5, 0.6) is 0 Å². The second kappa shape index (κ2) is 4.60. The molecule has 1 heterocycles. The maximum Gasteiger partial charge on any atom is 0.0629 e. The molecule has 0 unspecified atom stereocenters. The molecule has 2 nitrogen and oxygen atoms in total. The van der Waals surface area contributed by atoms with Gasteiger partial charge in [-0.05, 0) is 54.4 Å². The fraction of sp³-hybridized carbons (Fsp3) is 0.385. The number of para-hydroxylation sites is 1. The van der Waals surface area contributed by atoms with E-state index in [0.29, 0.717) is 0 Å². The van der Waals surface area contributed by atoms with Crippen LogP contribution >= 0.6 is 15.9 Å². The van der Waals surface area contributed by atoms with E-state index in [9.17, 15) is 0 Å². The number of hydrogen-bond donors (Lipinski definition) is 1. The van der Waals surface area contributed by atoms with Crippen molar-refractivity contribution in [3.05, 3.63) is 33.9 Å². The average molecular weight is 281 g/mol. The minimum atomic E-state index is 0.739. The van der Waals surface area contributed by atoms with Gasteiger partial charge >= 0.3 is 0 Å². The zero-order valence-electron chi connectivity index (χ0n) is 9.76. The van der Waals surface area contributed by atoms with Gasteiger partial charge in [-0.15, -0.1) is 0 Å². The van der Waals surface area contributed by atoms with Crippen LogP contribution in [-0.4, -0.2) is 11.1 Å². The van der Waals surface area contributed by atoms with Gasteiger partial charge < -0.3 is 10.3 Å². The van der Waals surface area contributed by atoms with Crippen molar-refractivity contribution in [1.29, 1.82) is 0 Å². The number of rotatable bonds is 3. The highest BCUT2D eigenvalue weighted by Crippen LogP contribution is 2.30. The molecule has 86 valence electrons. The van der Waals surface area contributed by atoms with Crippen LogP contribution in [0.25, 0.3) is 10.9 Å². The van der Waals surface area contributed by atoms with Crippen molar-refractivity contribution in [2.75, 3.05) is 6.54 Å². The van der Waals surface area contributed by atoms with E-state index >= 15 is 0 Å². The van der Waals surface area contributed by atoms with E-state index in [1.165, 1.54) is 26.6 Å². The molecule has 0 aliphatic heterocycles. The highest BCUT2D eigenvalue weighted by Gasteiger charge is 2.12. The Balaban J connectivity index is 2.66. The van der Waals surface area contributed by atoms with Gasteiger partial charge in [0.25, 0.3) is 0 Å². The van der Waals surface area contributed by atoms with Crippen LogP contribution in [0.1, 0.15) is 17.7 Å². The molecule has 16 heavy (non-hydrogen) atoms. The summed E-state index contributed by atoms with van der Waals surface area (Å²) in [5, 5.41) is 1.34. The van der Waals surface area contributed by atoms with E-state index < -0.39 is 0 Å². The summed E-state index contributed by atoms with van der Waals surface area (Å²) in [5.74, 6) is 0. The Labute approximate surface area is 105 Å². The highest BCUT2D eigenvalue weighted by atomic mass is 79.9. The van der Waals surface area contributed by atoms with E-state index in [1.807, 2.05) is 0 Å². The maximum atomic E-state index is 5.59. The Kier molecular flexibility index (Phi) is 3.36. The number of aryl methyl sites for hydroxylation is 2. The summed E-state index contributed by atoms with van der Waals surface area (Å²) in [6.45, 7) is 6.10. The molecule has 0 atom stereocenters. The second-order valence-electron chi connectivity index (χ2n) is 4.14. The Hall–Kier alpha value is -0.800. The van der Waals surface area contributed by atoms with Crippen molar-refractivity contribution in [3.8, 4) is 0 Å². The van der Waals surface area contributed by atoms with E-state index in [-0.39, 0.29) is 0 Å². The molecule has 0 radical (unpaired) electrons. The van der Waals surface area contributed by atoms with Gasteiger partial charge in [-0.1, -0.05) is 12.1 Å². The molecule has 2 rings (SSSR count). The minimum absolute atomic E-state index is 0.739. The van der Waals surface area contributed by atoms with Gasteiger partial charge in [0.1, 0.15) is 0 Å². The molecule has 0 saturated carbocycles. The van der Waals surface area contributed by atoms with E-state index in [2.05, 4.69) is 52.5 Å². The molecule has 0 aliphatic rings. The number of aromatic nitrogens is 1. The van der Waals surface area contributed by atoms with Crippen LogP contribution in [0.4, 0.5) is 0 Å². The van der Waals surface area contributed by atoms with Crippen LogP contribution in [0.3, 0.4) is 0 Å². The molecule has 0 amide bonds. The Morgan fingerprint density at radius 2 is 2.06 bits per heavy atom. The maximum absolute atomic E-state index is 5.59. The molecule has 1 aromatic carbocycles. The molecular formula is C13H17BrN2. The lowest BCUT2D eigenvalue weighted by molar-refractivity contribution is 0.654. The molecule has 0 saturated heterocycles. The molecular weight excluding hydrogens is 264 g/mol. The second-order valence-corrected chi connectivity index (χ2v) is 4.99. The SMILES string of the molecule is Cc1c(C)n(CCCN)c2c(Br)cccc12. The first-order valence-corrected chi connectivity index (χ1v) is 6.40. The lowest BCUT2D eigenvalue weighted by Gasteiger charge is -2.08. The molecule has 0 bridgehead atoms. The predicted molar refractivity (Wildman–Crippen MR) is 72.8 cm³/mol. The monoisotopic (exact) mass is 280 g/mol. The molecule has 3 heteroatoms. The summed E-state index contributed by atoms with van der Waals surface area (Å²) < 4.78 is 3.53. The summed E-state index contributed by atoms with van der Waals surface area (Å²) in [6, 6.07) is 6.37. The van der Waals surface area contributed by atoms with E-state index in [0.717, 1.165) is 19.5 Å². The summed E-state index contributed by atoms with van der Waals surface area (Å²) in [4.78, 5) is 0. The van der Waals surface area contributed by atoms with Gasteiger partial charge in [0, 0.05) is 22.1 Å². The van der Waals surface area contributed by atoms with Crippen molar-refractivity contribution >= 4 is 26.8 Å². The van der Waals surface area contributed by atoms with Crippen LogP contribution in [0.2, 0.25) is 0 Å². The Bertz CT molecular complexity index is 514. The van der Waals surface area contributed by atoms with Gasteiger partial charge in [-0.25, -0.2) is 0 Å².